The predicted octanol–water partition coefficient (Wildman–Crippen LogP) is 3.43. The summed E-state index contributed by atoms with van der Waals surface area (Å²) in [5.41, 5.74) is 2.06. The zero-order valence-corrected chi connectivity index (χ0v) is 19.6. The third-order valence-corrected chi connectivity index (χ3v) is 4.79. The maximum atomic E-state index is 13.6. The number of hydrogen-bond acceptors (Lipinski definition) is 3. The highest BCUT2D eigenvalue weighted by Crippen LogP contribution is 2.15. The van der Waals surface area contributed by atoms with Crippen LogP contribution in [0.3, 0.4) is 0 Å². The van der Waals surface area contributed by atoms with E-state index in [1.54, 1.807) is 12.1 Å². The first-order valence-corrected chi connectivity index (χ1v) is 11.0. The van der Waals surface area contributed by atoms with Crippen molar-refractivity contribution >= 4 is 39.8 Å². The number of halogens is 3. The van der Waals surface area contributed by atoms with Crippen molar-refractivity contribution in [2.45, 2.75) is 25.6 Å². The summed E-state index contributed by atoms with van der Waals surface area (Å²) < 4.78 is 49.8. The monoisotopic (exact) mass is 537 g/mol. The molecular formula is C20H26F2IN3O2S. The van der Waals surface area contributed by atoms with Gasteiger partial charge in [0.15, 0.2) is 15.8 Å². The van der Waals surface area contributed by atoms with E-state index in [4.69, 9.17) is 0 Å². The lowest BCUT2D eigenvalue weighted by Crippen LogP contribution is -2.38. The van der Waals surface area contributed by atoms with Crippen LogP contribution in [-0.2, 0) is 28.6 Å². The summed E-state index contributed by atoms with van der Waals surface area (Å²) in [5, 5.41) is 6.27. The van der Waals surface area contributed by atoms with Crippen LogP contribution < -0.4 is 10.6 Å². The van der Waals surface area contributed by atoms with Crippen molar-refractivity contribution < 1.29 is 17.2 Å². The van der Waals surface area contributed by atoms with Gasteiger partial charge < -0.3 is 10.6 Å². The number of aliphatic imine (C=N–C) groups is 1. The topological polar surface area (TPSA) is 70.6 Å². The fourth-order valence-electron chi connectivity index (χ4n) is 2.65. The molecule has 0 amide bonds. The smallest absolute Gasteiger partial charge is 0.191 e. The third kappa shape index (κ3) is 9.53. The second-order valence-electron chi connectivity index (χ2n) is 6.48. The predicted molar refractivity (Wildman–Crippen MR) is 123 cm³/mol. The molecule has 0 aliphatic rings. The summed E-state index contributed by atoms with van der Waals surface area (Å²) in [6, 6.07) is 10.3. The maximum absolute atomic E-state index is 13.6. The highest BCUT2D eigenvalue weighted by molar-refractivity contribution is 14.0. The highest BCUT2D eigenvalue weighted by Gasteiger charge is 2.10. The molecule has 2 N–H and O–H groups in total. The van der Waals surface area contributed by atoms with E-state index in [1.165, 1.54) is 30.3 Å². The van der Waals surface area contributed by atoms with Crippen molar-refractivity contribution in [3.8, 4) is 0 Å². The van der Waals surface area contributed by atoms with E-state index in [0.717, 1.165) is 11.8 Å². The normalized spacial score (nSPS) is 11.7. The molecule has 0 saturated carbocycles. The summed E-state index contributed by atoms with van der Waals surface area (Å²) >= 11 is 0. The average molecular weight is 537 g/mol. The molecule has 0 aliphatic heterocycles. The van der Waals surface area contributed by atoms with Crippen LogP contribution >= 0.6 is 24.0 Å². The number of nitrogens with one attached hydrogen (secondary N) is 2. The molecule has 0 spiro atoms. The van der Waals surface area contributed by atoms with Gasteiger partial charge >= 0.3 is 0 Å². The molecule has 2 rings (SSSR count). The van der Waals surface area contributed by atoms with E-state index in [0.29, 0.717) is 36.6 Å². The zero-order valence-electron chi connectivity index (χ0n) is 16.4. The van der Waals surface area contributed by atoms with Gasteiger partial charge in [0.2, 0.25) is 0 Å². The van der Waals surface area contributed by atoms with E-state index in [2.05, 4.69) is 15.6 Å². The van der Waals surface area contributed by atoms with Gasteiger partial charge in [0.25, 0.3) is 0 Å². The van der Waals surface area contributed by atoms with Gasteiger partial charge in [-0.15, -0.1) is 24.0 Å². The summed E-state index contributed by atoms with van der Waals surface area (Å²) in [5.74, 6) is -0.324. The van der Waals surface area contributed by atoms with Gasteiger partial charge in [-0.2, -0.15) is 0 Å². The minimum absolute atomic E-state index is 0. The van der Waals surface area contributed by atoms with E-state index >= 15 is 0 Å². The lowest BCUT2D eigenvalue weighted by molar-refractivity contribution is 0.600. The summed E-state index contributed by atoms with van der Waals surface area (Å²) in [6.45, 7) is 3.29. The van der Waals surface area contributed by atoms with Gasteiger partial charge in [0.1, 0.15) is 11.6 Å². The van der Waals surface area contributed by atoms with Crippen LogP contribution in [0.15, 0.2) is 47.5 Å². The van der Waals surface area contributed by atoms with Gasteiger partial charge in [0, 0.05) is 19.3 Å². The van der Waals surface area contributed by atoms with Gasteiger partial charge in [0.05, 0.1) is 12.3 Å². The molecule has 0 atom stereocenters. The average Bonchev–Trinajstić information content (AvgIpc) is 2.62. The van der Waals surface area contributed by atoms with Crippen LogP contribution in [0, 0.1) is 11.6 Å². The van der Waals surface area contributed by atoms with Crippen LogP contribution in [0.4, 0.5) is 8.78 Å². The SMILES string of the molecule is CCNC(=NCc1cc(F)ccc1CS(C)(=O)=O)NCCc1ccc(F)cc1.I. The molecule has 0 aliphatic carbocycles. The lowest BCUT2D eigenvalue weighted by atomic mass is 10.1. The number of nitrogens with zero attached hydrogens (tertiary/aromatic N) is 1. The highest BCUT2D eigenvalue weighted by atomic mass is 127. The fraction of sp³-hybridized carbons (Fsp3) is 0.350. The second-order valence-corrected chi connectivity index (χ2v) is 8.62. The van der Waals surface area contributed by atoms with E-state index in [1.807, 2.05) is 6.92 Å². The van der Waals surface area contributed by atoms with Crippen molar-refractivity contribution in [1.29, 1.82) is 0 Å². The maximum Gasteiger partial charge on any atom is 0.191 e. The number of guanidine groups is 1. The van der Waals surface area contributed by atoms with Gasteiger partial charge in [-0.05, 0) is 54.3 Å². The molecule has 2 aromatic rings. The van der Waals surface area contributed by atoms with Crippen molar-refractivity contribution in [1.82, 2.24) is 10.6 Å². The largest absolute Gasteiger partial charge is 0.357 e. The van der Waals surface area contributed by atoms with E-state index in [-0.39, 0.29) is 42.1 Å². The molecule has 2 aromatic carbocycles. The Morgan fingerprint density at radius 2 is 1.66 bits per heavy atom. The number of hydrogen-bond donors (Lipinski definition) is 2. The van der Waals surface area contributed by atoms with Crippen LogP contribution in [0.25, 0.3) is 0 Å². The Hall–Kier alpha value is -1.75. The minimum Gasteiger partial charge on any atom is -0.357 e. The van der Waals surface area contributed by atoms with Gasteiger partial charge in [-0.25, -0.2) is 22.2 Å². The first-order chi connectivity index (χ1) is 13.3. The van der Waals surface area contributed by atoms with E-state index in [9.17, 15) is 17.2 Å². The van der Waals surface area contributed by atoms with E-state index < -0.39 is 15.7 Å². The van der Waals surface area contributed by atoms with Gasteiger partial charge in [-0.3, -0.25) is 0 Å². The summed E-state index contributed by atoms with van der Waals surface area (Å²) in [7, 11) is -3.24. The Bertz CT molecular complexity index is 920. The van der Waals surface area contributed by atoms with Crippen LogP contribution in [0.1, 0.15) is 23.6 Å². The quantitative estimate of drug-likeness (QED) is 0.308. The van der Waals surface area contributed by atoms with Crippen molar-refractivity contribution in [2.75, 3.05) is 19.3 Å². The molecule has 0 unspecified atom stereocenters. The Labute approximate surface area is 188 Å². The molecule has 29 heavy (non-hydrogen) atoms. The second kappa shape index (κ2) is 12.1. The molecule has 9 heteroatoms. The third-order valence-electron chi connectivity index (χ3n) is 3.96. The van der Waals surface area contributed by atoms with Crippen molar-refractivity contribution in [2.24, 2.45) is 4.99 Å². The van der Waals surface area contributed by atoms with Crippen LogP contribution in [-0.4, -0.2) is 33.7 Å². The van der Waals surface area contributed by atoms with Crippen LogP contribution in [0.5, 0.6) is 0 Å². The Kier molecular flexibility index (Phi) is 10.5. The Morgan fingerprint density at radius 3 is 2.28 bits per heavy atom. The van der Waals surface area contributed by atoms with Crippen molar-refractivity contribution in [3.05, 3.63) is 70.8 Å². The fourth-order valence-corrected chi connectivity index (χ4v) is 3.49. The molecule has 0 saturated heterocycles. The van der Waals surface area contributed by atoms with Crippen molar-refractivity contribution in [3.63, 3.8) is 0 Å². The molecule has 0 bridgehead atoms. The minimum atomic E-state index is -3.24. The van der Waals surface area contributed by atoms with Gasteiger partial charge in [-0.1, -0.05) is 18.2 Å². The van der Waals surface area contributed by atoms with Crippen LogP contribution in [0.2, 0.25) is 0 Å². The lowest BCUT2D eigenvalue weighted by Gasteiger charge is -2.12. The molecule has 0 fully saturated rings. The molecule has 5 nitrogen and oxygen atoms in total. The first kappa shape index (κ1) is 25.3. The number of benzene rings is 2. The Morgan fingerprint density at radius 1 is 1.00 bits per heavy atom. The number of sulfone groups is 1. The summed E-state index contributed by atoms with van der Waals surface area (Å²) in [6.07, 6.45) is 1.83. The molecule has 0 aromatic heterocycles. The number of rotatable bonds is 8. The molecule has 0 heterocycles. The zero-order chi connectivity index (χ0) is 20.6. The Balaban J connectivity index is 0.00000420. The molecule has 160 valence electrons. The first-order valence-electron chi connectivity index (χ1n) is 8.98. The molecular weight excluding hydrogens is 511 g/mol. The standard InChI is InChI=1S/C20H25F2N3O2S.HI/c1-3-23-20(24-11-10-15-4-7-18(21)8-5-15)25-13-17-12-19(22)9-6-16(17)14-28(2,26)27;/h4-9,12H,3,10-11,13-14H2,1-2H3,(H2,23,24,25);1H. The summed E-state index contributed by atoms with van der Waals surface area (Å²) in [4.78, 5) is 4.43. The molecule has 0 radical (unpaired) electrons.